The molecule has 2 rings (SSSR count). The molecular formula is C10H9BN2O2. The van der Waals surface area contributed by atoms with Crippen molar-refractivity contribution in [3.63, 3.8) is 0 Å². The Morgan fingerprint density at radius 1 is 1.13 bits per heavy atom. The van der Waals surface area contributed by atoms with E-state index in [2.05, 4.69) is 9.97 Å². The van der Waals surface area contributed by atoms with E-state index in [9.17, 15) is 0 Å². The normalized spacial score (nSPS) is 11.1. The number of fused-ring (bicyclic) bond motifs is 1. The summed E-state index contributed by atoms with van der Waals surface area (Å²) in [4.78, 5) is 8.33. The number of hydrogen-bond acceptors (Lipinski definition) is 4. The Bertz CT molecular complexity index is 494. The SMILES string of the molecule is OB(O)/C=C/c1ccnc2cccnc12. The molecule has 2 heterocycles. The molecule has 0 unspecified atom stereocenters. The lowest BCUT2D eigenvalue weighted by atomic mass is 9.90. The second-order valence-corrected chi connectivity index (χ2v) is 3.04. The average Bonchev–Trinajstić information content (AvgIpc) is 2.26. The van der Waals surface area contributed by atoms with Gasteiger partial charge in [0.05, 0.1) is 11.0 Å². The molecule has 0 amide bonds. The van der Waals surface area contributed by atoms with Gasteiger partial charge >= 0.3 is 7.12 Å². The second kappa shape index (κ2) is 4.21. The molecule has 4 nitrogen and oxygen atoms in total. The van der Waals surface area contributed by atoms with Crippen molar-refractivity contribution < 1.29 is 10.0 Å². The molecule has 2 aromatic rings. The fourth-order valence-corrected chi connectivity index (χ4v) is 1.32. The van der Waals surface area contributed by atoms with Gasteiger partial charge in [-0.25, -0.2) is 0 Å². The minimum absolute atomic E-state index is 0.747. The van der Waals surface area contributed by atoms with Crippen LogP contribution in [0.25, 0.3) is 17.1 Å². The highest BCUT2D eigenvalue weighted by molar-refractivity contribution is 6.48. The highest BCUT2D eigenvalue weighted by Crippen LogP contribution is 2.14. The van der Waals surface area contributed by atoms with E-state index in [4.69, 9.17) is 10.0 Å². The van der Waals surface area contributed by atoms with Crippen molar-refractivity contribution in [1.82, 2.24) is 9.97 Å². The van der Waals surface area contributed by atoms with Crippen molar-refractivity contribution in [3.05, 3.63) is 42.1 Å². The molecule has 2 N–H and O–H groups in total. The molecule has 0 fully saturated rings. The zero-order chi connectivity index (χ0) is 10.7. The maximum Gasteiger partial charge on any atom is 0.480 e. The fraction of sp³-hybridized carbons (Fsp3) is 0. The third kappa shape index (κ3) is 2.20. The standard InChI is InChI=1S/C10H9BN2O2/c14-11(15)5-3-8-4-7-12-9-2-1-6-13-10(8)9/h1-7,14-15H/b5-3+. The van der Waals surface area contributed by atoms with Crippen LogP contribution in [0.5, 0.6) is 0 Å². The molecule has 74 valence electrons. The van der Waals surface area contributed by atoms with Crippen molar-refractivity contribution in [2.45, 2.75) is 0 Å². The molecule has 0 aliphatic carbocycles. The summed E-state index contributed by atoms with van der Waals surface area (Å²) in [6, 6.07) is 5.44. The van der Waals surface area contributed by atoms with E-state index in [1.54, 1.807) is 24.5 Å². The maximum absolute atomic E-state index is 8.72. The first-order valence-electron chi connectivity index (χ1n) is 4.51. The number of pyridine rings is 2. The van der Waals surface area contributed by atoms with E-state index >= 15 is 0 Å². The molecule has 15 heavy (non-hydrogen) atoms. The Kier molecular flexibility index (Phi) is 2.76. The maximum atomic E-state index is 8.72. The van der Waals surface area contributed by atoms with Crippen molar-refractivity contribution in [2.24, 2.45) is 0 Å². The summed E-state index contributed by atoms with van der Waals surface area (Å²) in [6.07, 6.45) is 4.95. The van der Waals surface area contributed by atoms with Gasteiger partial charge in [0.1, 0.15) is 0 Å². The average molecular weight is 200 g/mol. The van der Waals surface area contributed by atoms with Gasteiger partial charge in [-0.15, -0.1) is 0 Å². The Balaban J connectivity index is 2.51. The molecule has 0 aromatic carbocycles. The molecule has 2 aromatic heterocycles. The van der Waals surface area contributed by atoms with Crippen molar-refractivity contribution >= 4 is 24.2 Å². The molecule has 5 heteroatoms. The van der Waals surface area contributed by atoms with Crippen LogP contribution in [0.1, 0.15) is 5.56 Å². The molecule has 0 aliphatic rings. The molecule has 0 atom stereocenters. The van der Waals surface area contributed by atoms with Crippen LogP contribution in [0, 0.1) is 0 Å². The monoisotopic (exact) mass is 200 g/mol. The van der Waals surface area contributed by atoms with Gasteiger partial charge in [0, 0.05) is 18.0 Å². The minimum atomic E-state index is -1.45. The third-order valence-electron chi connectivity index (χ3n) is 1.98. The van der Waals surface area contributed by atoms with Crippen LogP contribution in [-0.4, -0.2) is 27.1 Å². The van der Waals surface area contributed by atoms with Crippen LogP contribution in [0.2, 0.25) is 0 Å². The minimum Gasteiger partial charge on any atom is -0.424 e. The summed E-state index contributed by atoms with van der Waals surface area (Å²) < 4.78 is 0. The van der Waals surface area contributed by atoms with Crippen LogP contribution in [0.4, 0.5) is 0 Å². The Morgan fingerprint density at radius 3 is 2.80 bits per heavy atom. The van der Waals surface area contributed by atoms with Crippen molar-refractivity contribution in [1.29, 1.82) is 0 Å². The van der Waals surface area contributed by atoms with Crippen LogP contribution >= 0.6 is 0 Å². The van der Waals surface area contributed by atoms with Gasteiger partial charge in [0.25, 0.3) is 0 Å². The lowest BCUT2D eigenvalue weighted by Crippen LogP contribution is -2.05. The van der Waals surface area contributed by atoms with Crippen LogP contribution < -0.4 is 0 Å². The fourth-order valence-electron chi connectivity index (χ4n) is 1.32. The molecule has 0 spiro atoms. The van der Waals surface area contributed by atoms with Crippen molar-refractivity contribution in [2.75, 3.05) is 0 Å². The van der Waals surface area contributed by atoms with Crippen molar-refractivity contribution in [3.8, 4) is 0 Å². The van der Waals surface area contributed by atoms with Crippen LogP contribution in [-0.2, 0) is 0 Å². The van der Waals surface area contributed by atoms with Gasteiger partial charge in [0.2, 0.25) is 0 Å². The predicted molar refractivity (Wildman–Crippen MR) is 58.8 cm³/mol. The summed E-state index contributed by atoms with van der Waals surface area (Å²) in [5, 5.41) is 17.4. The predicted octanol–water partition coefficient (Wildman–Crippen LogP) is 0.655. The summed E-state index contributed by atoms with van der Waals surface area (Å²) >= 11 is 0. The zero-order valence-corrected chi connectivity index (χ0v) is 7.91. The first-order chi connectivity index (χ1) is 7.27. The quantitative estimate of drug-likeness (QED) is 0.698. The van der Waals surface area contributed by atoms with Gasteiger partial charge in [-0.2, -0.15) is 0 Å². The smallest absolute Gasteiger partial charge is 0.424 e. The Labute approximate surface area is 87.1 Å². The van der Waals surface area contributed by atoms with E-state index in [1.165, 1.54) is 5.98 Å². The van der Waals surface area contributed by atoms with E-state index in [-0.39, 0.29) is 0 Å². The van der Waals surface area contributed by atoms with E-state index < -0.39 is 7.12 Å². The van der Waals surface area contributed by atoms with Gasteiger partial charge in [-0.3, -0.25) is 9.97 Å². The summed E-state index contributed by atoms with van der Waals surface area (Å²) in [6.45, 7) is 0. The van der Waals surface area contributed by atoms with Crippen LogP contribution in [0.3, 0.4) is 0 Å². The van der Waals surface area contributed by atoms with Gasteiger partial charge in [0.15, 0.2) is 0 Å². The summed E-state index contributed by atoms with van der Waals surface area (Å²) in [5.41, 5.74) is 2.35. The third-order valence-corrected chi connectivity index (χ3v) is 1.98. The first-order valence-corrected chi connectivity index (χ1v) is 4.51. The van der Waals surface area contributed by atoms with Gasteiger partial charge in [-0.05, 0) is 18.2 Å². The molecule has 0 radical (unpaired) electrons. The highest BCUT2D eigenvalue weighted by Gasteiger charge is 2.02. The molecule has 0 aliphatic heterocycles. The van der Waals surface area contributed by atoms with E-state index in [0.717, 1.165) is 16.6 Å². The lowest BCUT2D eigenvalue weighted by Gasteiger charge is -1.99. The number of aromatic nitrogens is 2. The summed E-state index contributed by atoms with van der Waals surface area (Å²) in [5.74, 6) is 1.28. The van der Waals surface area contributed by atoms with Crippen LogP contribution in [0.15, 0.2) is 36.6 Å². The van der Waals surface area contributed by atoms with E-state index in [0.29, 0.717) is 0 Å². The first kappa shape index (κ1) is 9.83. The summed E-state index contributed by atoms with van der Waals surface area (Å²) in [7, 11) is -1.45. The van der Waals surface area contributed by atoms with Gasteiger partial charge in [-0.1, -0.05) is 12.1 Å². The topological polar surface area (TPSA) is 66.2 Å². The zero-order valence-electron chi connectivity index (χ0n) is 7.91. The second-order valence-electron chi connectivity index (χ2n) is 3.04. The lowest BCUT2D eigenvalue weighted by molar-refractivity contribution is 0.424. The highest BCUT2D eigenvalue weighted by atomic mass is 16.4. The van der Waals surface area contributed by atoms with E-state index in [1.807, 2.05) is 12.1 Å². The van der Waals surface area contributed by atoms with Gasteiger partial charge < -0.3 is 10.0 Å². The number of nitrogens with zero attached hydrogens (tertiary/aromatic N) is 2. The molecule has 0 saturated carbocycles. The molecule has 0 saturated heterocycles. The Hall–Kier alpha value is -1.72. The Morgan fingerprint density at radius 2 is 2.00 bits per heavy atom. The molecule has 0 bridgehead atoms. The molecular weight excluding hydrogens is 191 g/mol. The number of hydrogen-bond donors (Lipinski definition) is 2. The largest absolute Gasteiger partial charge is 0.480 e. The number of rotatable bonds is 2.